The first-order valence-electron chi connectivity index (χ1n) is 7.71. The number of aryl methyl sites for hydroxylation is 2. The monoisotopic (exact) mass is 339 g/mol. The van der Waals surface area contributed by atoms with E-state index in [1.807, 2.05) is 68.4 Å². The SMILES string of the molecule is Cc1cc(Cl)cc(C)c1OCC(=O)Nc1ccc2ccccc2c1. The molecule has 1 amide bonds. The molecule has 3 nitrogen and oxygen atoms in total. The number of hydrogen-bond donors (Lipinski definition) is 1. The molecular formula is C20H18ClNO2. The lowest BCUT2D eigenvalue weighted by Gasteiger charge is -2.13. The molecule has 122 valence electrons. The number of anilines is 1. The molecule has 0 aliphatic carbocycles. The van der Waals surface area contributed by atoms with Crippen molar-refractivity contribution in [1.29, 1.82) is 0 Å². The molecule has 0 bridgehead atoms. The maximum atomic E-state index is 12.1. The van der Waals surface area contributed by atoms with Crippen molar-refractivity contribution in [2.75, 3.05) is 11.9 Å². The maximum absolute atomic E-state index is 12.1. The fourth-order valence-corrected chi connectivity index (χ4v) is 3.05. The second-order valence-electron chi connectivity index (χ2n) is 5.77. The largest absolute Gasteiger partial charge is 0.483 e. The van der Waals surface area contributed by atoms with Gasteiger partial charge in [0.15, 0.2) is 6.61 Å². The first kappa shape index (κ1) is 16.3. The first-order valence-corrected chi connectivity index (χ1v) is 8.09. The molecule has 4 heteroatoms. The van der Waals surface area contributed by atoms with Crippen LogP contribution in [0.1, 0.15) is 11.1 Å². The highest BCUT2D eigenvalue weighted by atomic mass is 35.5. The van der Waals surface area contributed by atoms with Crippen LogP contribution in [0, 0.1) is 13.8 Å². The molecule has 0 heterocycles. The van der Waals surface area contributed by atoms with Gasteiger partial charge in [-0.2, -0.15) is 0 Å². The third-order valence-corrected chi connectivity index (χ3v) is 4.02. The fraction of sp³-hybridized carbons (Fsp3) is 0.150. The van der Waals surface area contributed by atoms with Gasteiger partial charge in [0.2, 0.25) is 0 Å². The Hall–Kier alpha value is -2.52. The minimum absolute atomic E-state index is 0.0455. The van der Waals surface area contributed by atoms with Crippen LogP contribution in [0.4, 0.5) is 5.69 Å². The van der Waals surface area contributed by atoms with E-state index < -0.39 is 0 Å². The maximum Gasteiger partial charge on any atom is 0.262 e. The van der Waals surface area contributed by atoms with Crippen molar-refractivity contribution >= 4 is 34.0 Å². The second-order valence-corrected chi connectivity index (χ2v) is 6.20. The van der Waals surface area contributed by atoms with Crippen LogP contribution in [0.25, 0.3) is 10.8 Å². The highest BCUT2D eigenvalue weighted by molar-refractivity contribution is 6.30. The lowest BCUT2D eigenvalue weighted by Crippen LogP contribution is -2.20. The van der Waals surface area contributed by atoms with E-state index in [1.165, 1.54) is 0 Å². The predicted octanol–water partition coefficient (Wildman–Crippen LogP) is 5.13. The van der Waals surface area contributed by atoms with E-state index >= 15 is 0 Å². The number of nitrogens with one attached hydrogen (secondary N) is 1. The Morgan fingerprint density at radius 2 is 1.67 bits per heavy atom. The van der Waals surface area contributed by atoms with E-state index in [0.29, 0.717) is 10.8 Å². The summed E-state index contributed by atoms with van der Waals surface area (Å²) in [6.45, 7) is 3.78. The van der Waals surface area contributed by atoms with Crippen LogP contribution in [0.3, 0.4) is 0 Å². The lowest BCUT2D eigenvalue weighted by molar-refractivity contribution is -0.118. The van der Waals surface area contributed by atoms with Crippen LogP contribution in [-0.2, 0) is 4.79 Å². The lowest BCUT2D eigenvalue weighted by atomic mass is 10.1. The summed E-state index contributed by atoms with van der Waals surface area (Å²) in [5, 5.41) is 5.75. The van der Waals surface area contributed by atoms with Gasteiger partial charge in [0, 0.05) is 10.7 Å². The first-order chi connectivity index (χ1) is 11.5. The molecule has 0 aliphatic heterocycles. The minimum Gasteiger partial charge on any atom is -0.483 e. The summed E-state index contributed by atoms with van der Waals surface area (Å²) in [6.07, 6.45) is 0. The fourth-order valence-electron chi connectivity index (χ4n) is 2.73. The standard InChI is InChI=1S/C20H18ClNO2/c1-13-9-17(21)10-14(2)20(13)24-12-19(23)22-18-8-7-15-5-3-4-6-16(15)11-18/h3-11H,12H2,1-2H3,(H,22,23). The molecule has 3 aromatic rings. The molecule has 0 aromatic heterocycles. The molecule has 0 saturated carbocycles. The van der Waals surface area contributed by atoms with Crippen molar-refractivity contribution in [3.8, 4) is 5.75 Å². The number of ether oxygens (including phenoxy) is 1. The summed E-state index contributed by atoms with van der Waals surface area (Å²) in [4.78, 5) is 12.1. The molecule has 0 radical (unpaired) electrons. The van der Waals surface area contributed by atoms with Crippen molar-refractivity contribution in [2.45, 2.75) is 13.8 Å². The molecule has 3 aromatic carbocycles. The van der Waals surface area contributed by atoms with Crippen molar-refractivity contribution in [3.63, 3.8) is 0 Å². The normalized spacial score (nSPS) is 10.6. The number of amides is 1. The predicted molar refractivity (Wildman–Crippen MR) is 99.0 cm³/mol. The van der Waals surface area contributed by atoms with Crippen LogP contribution in [0.2, 0.25) is 5.02 Å². The summed E-state index contributed by atoms with van der Waals surface area (Å²) >= 11 is 6.01. The smallest absolute Gasteiger partial charge is 0.262 e. The average Bonchev–Trinajstić information content (AvgIpc) is 2.53. The Kier molecular flexibility index (Phi) is 4.72. The van der Waals surface area contributed by atoms with Gasteiger partial charge >= 0.3 is 0 Å². The van der Waals surface area contributed by atoms with Crippen molar-refractivity contribution in [2.24, 2.45) is 0 Å². The van der Waals surface area contributed by atoms with Gasteiger partial charge in [-0.05, 0) is 60.0 Å². The van der Waals surface area contributed by atoms with Crippen molar-refractivity contribution in [1.82, 2.24) is 0 Å². The van der Waals surface area contributed by atoms with Crippen LogP contribution >= 0.6 is 11.6 Å². The number of rotatable bonds is 4. The van der Waals surface area contributed by atoms with E-state index in [4.69, 9.17) is 16.3 Å². The van der Waals surface area contributed by atoms with Crippen molar-refractivity contribution < 1.29 is 9.53 Å². The summed E-state index contributed by atoms with van der Waals surface area (Å²) < 4.78 is 5.67. The number of fused-ring (bicyclic) bond motifs is 1. The van der Waals surface area contributed by atoms with Gasteiger partial charge in [0.05, 0.1) is 0 Å². The Morgan fingerprint density at radius 3 is 2.38 bits per heavy atom. The molecule has 0 unspecified atom stereocenters. The zero-order valence-electron chi connectivity index (χ0n) is 13.6. The number of carbonyl (C=O) groups is 1. The topological polar surface area (TPSA) is 38.3 Å². The van der Waals surface area contributed by atoms with E-state index in [-0.39, 0.29) is 12.5 Å². The number of carbonyl (C=O) groups excluding carboxylic acids is 1. The zero-order valence-corrected chi connectivity index (χ0v) is 14.4. The summed E-state index contributed by atoms with van der Waals surface area (Å²) in [6, 6.07) is 17.5. The molecule has 24 heavy (non-hydrogen) atoms. The number of halogens is 1. The summed E-state index contributed by atoms with van der Waals surface area (Å²) in [5.74, 6) is 0.507. The second kappa shape index (κ2) is 6.93. The van der Waals surface area contributed by atoms with E-state index in [1.54, 1.807) is 0 Å². The van der Waals surface area contributed by atoms with Gasteiger partial charge in [-0.1, -0.05) is 41.9 Å². The van der Waals surface area contributed by atoms with Crippen LogP contribution in [0.5, 0.6) is 5.75 Å². The minimum atomic E-state index is -0.195. The van der Waals surface area contributed by atoms with E-state index in [2.05, 4.69) is 5.32 Å². The van der Waals surface area contributed by atoms with Gasteiger partial charge in [-0.3, -0.25) is 4.79 Å². The Labute approximate surface area is 146 Å². The molecule has 3 rings (SSSR count). The summed E-state index contributed by atoms with van der Waals surface area (Å²) in [5.41, 5.74) is 2.59. The van der Waals surface area contributed by atoms with Gasteiger partial charge in [0.25, 0.3) is 5.91 Å². The number of hydrogen-bond acceptors (Lipinski definition) is 2. The average molecular weight is 340 g/mol. The molecule has 0 saturated heterocycles. The molecule has 1 N–H and O–H groups in total. The van der Waals surface area contributed by atoms with Crippen LogP contribution in [0.15, 0.2) is 54.6 Å². The Bertz CT molecular complexity index is 882. The highest BCUT2D eigenvalue weighted by Crippen LogP contribution is 2.27. The Morgan fingerprint density at radius 1 is 1.00 bits per heavy atom. The van der Waals surface area contributed by atoms with Gasteiger partial charge in [0.1, 0.15) is 5.75 Å². The number of benzene rings is 3. The third-order valence-electron chi connectivity index (χ3n) is 3.81. The quantitative estimate of drug-likeness (QED) is 0.715. The Balaban J connectivity index is 1.67. The third kappa shape index (κ3) is 3.69. The van der Waals surface area contributed by atoms with E-state index in [0.717, 1.165) is 27.6 Å². The summed E-state index contributed by atoms with van der Waals surface area (Å²) in [7, 11) is 0. The van der Waals surface area contributed by atoms with Gasteiger partial charge < -0.3 is 10.1 Å². The molecule has 0 spiro atoms. The van der Waals surface area contributed by atoms with Gasteiger partial charge in [-0.25, -0.2) is 0 Å². The van der Waals surface area contributed by atoms with Gasteiger partial charge in [-0.15, -0.1) is 0 Å². The van der Waals surface area contributed by atoms with Crippen LogP contribution in [-0.4, -0.2) is 12.5 Å². The molecule has 0 fully saturated rings. The zero-order chi connectivity index (χ0) is 17.1. The van der Waals surface area contributed by atoms with Crippen LogP contribution < -0.4 is 10.1 Å². The molecule has 0 atom stereocenters. The van der Waals surface area contributed by atoms with E-state index in [9.17, 15) is 4.79 Å². The molecule has 0 aliphatic rings. The highest BCUT2D eigenvalue weighted by Gasteiger charge is 2.09. The van der Waals surface area contributed by atoms with Crippen molar-refractivity contribution in [3.05, 3.63) is 70.7 Å². The molecular weight excluding hydrogens is 322 g/mol.